The second-order valence-corrected chi connectivity index (χ2v) is 8.21. The fourth-order valence-corrected chi connectivity index (χ4v) is 4.26. The third-order valence-electron chi connectivity index (χ3n) is 6.12. The molecule has 1 aliphatic heterocycles. The van der Waals surface area contributed by atoms with Crippen LogP contribution in [0.2, 0.25) is 0 Å². The largest absolute Gasteiger partial charge is 0.457 e. The Kier molecular flexibility index (Phi) is 6.60. The summed E-state index contributed by atoms with van der Waals surface area (Å²) in [5.74, 6) is -0.833. The quantitative estimate of drug-likeness (QED) is 0.407. The van der Waals surface area contributed by atoms with E-state index in [0.717, 1.165) is 24.8 Å². The highest BCUT2D eigenvalue weighted by atomic mass is 16.5. The highest BCUT2D eigenvalue weighted by Gasteiger charge is 2.28. The zero-order valence-electron chi connectivity index (χ0n) is 17.6. The predicted molar refractivity (Wildman–Crippen MR) is 119 cm³/mol. The number of esters is 1. The maximum Gasteiger partial charge on any atom is 0.309 e. The molecule has 5 nitrogen and oxygen atoms in total. The van der Waals surface area contributed by atoms with Gasteiger partial charge in [-0.05, 0) is 60.9 Å². The summed E-state index contributed by atoms with van der Waals surface area (Å²) in [6.07, 6.45) is 7.69. The monoisotopic (exact) mass is 417 g/mol. The molecule has 1 amide bonds. The van der Waals surface area contributed by atoms with Crippen molar-refractivity contribution in [2.45, 2.75) is 32.1 Å². The van der Waals surface area contributed by atoms with E-state index in [-0.39, 0.29) is 30.2 Å². The molecule has 0 bridgehead atoms. The first kappa shape index (κ1) is 21.0. The van der Waals surface area contributed by atoms with Crippen molar-refractivity contribution in [1.29, 1.82) is 0 Å². The topological polar surface area (TPSA) is 63.7 Å². The number of piperidine rings is 1. The second-order valence-electron chi connectivity index (χ2n) is 8.21. The van der Waals surface area contributed by atoms with Gasteiger partial charge in [0.1, 0.15) is 0 Å². The number of benzene rings is 2. The van der Waals surface area contributed by atoms with Crippen LogP contribution in [0, 0.1) is 5.92 Å². The van der Waals surface area contributed by atoms with E-state index in [1.807, 2.05) is 48.5 Å². The first-order valence-electron chi connectivity index (χ1n) is 10.9. The molecule has 31 heavy (non-hydrogen) atoms. The number of rotatable bonds is 6. The summed E-state index contributed by atoms with van der Waals surface area (Å²) in [7, 11) is 0. The highest BCUT2D eigenvalue weighted by Crippen LogP contribution is 2.23. The Morgan fingerprint density at radius 1 is 0.968 bits per heavy atom. The van der Waals surface area contributed by atoms with Crippen molar-refractivity contribution in [3.8, 4) is 0 Å². The smallest absolute Gasteiger partial charge is 0.309 e. The summed E-state index contributed by atoms with van der Waals surface area (Å²) in [5.41, 5.74) is 4.13. The van der Waals surface area contributed by atoms with Gasteiger partial charge in [0.25, 0.3) is 0 Å². The van der Waals surface area contributed by atoms with Crippen molar-refractivity contribution < 1.29 is 19.1 Å². The molecule has 0 N–H and O–H groups in total. The third kappa shape index (κ3) is 5.29. The molecular weight excluding hydrogens is 390 g/mol. The minimum atomic E-state index is -0.346. The molecule has 0 spiro atoms. The number of carbonyl (C=O) groups is 3. The predicted octanol–water partition coefficient (Wildman–Crippen LogP) is 3.85. The molecule has 2 aliphatic rings. The average molecular weight is 418 g/mol. The van der Waals surface area contributed by atoms with Crippen LogP contribution < -0.4 is 0 Å². The molecule has 2 aromatic carbocycles. The summed E-state index contributed by atoms with van der Waals surface area (Å²) in [6, 6.07) is 15.4. The van der Waals surface area contributed by atoms with Crippen LogP contribution in [-0.2, 0) is 27.2 Å². The Morgan fingerprint density at radius 2 is 1.71 bits per heavy atom. The Labute approximate surface area is 182 Å². The van der Waals surface area contributed by atoms with E-state index in [1.165, 1.54) is 11.1 Å². The maximum absolute atomic E-state index is 12.4. The lowest BCUT2D eigenvalue weighted by atomic mass is 9.97. The third-order valence-corrected chi connectivity index (χ3v) is 6.12. The van der Waals surface area contributed by atoms with Gasteiger partial charge in [-0.1, -0.05) is 42.5 Å². The molecule has 0 unspecified atom stereocenters. The molecule has 0 aromatic heterocycles. The molecule has 0 atom stereocenters. The van der Waals surface area contributed by atoms with Gasteiger partial charge in [-0.2, -0.15) is 0 Å². The molecular formula is C26H27NO4. The number of amides is 1. The van der Waals surface area contributed by atoms with E-state index >= 15 is 0 Å². The molecule has 0 radical (unpaired) electrons. The number of hydrogen-bond acceptors (Lipinski definition) is 4. The van der Waals surface area contributed by atoms with Gasteiger partial charge in [0.15, 0.2) is 12.4 Å². The molecule has 4 rings (SSSR count). The van der Waals surface area contributed by atoms with Crippen LogP contribution in [0.4, 0.5) is 0 Å². The average Bonchev–Trinajstić information content (AvgIpc) is 3.29. The normalized spacial score (nSPS) is 16.3. The van der Waals surface area contributed by atoms with Crippen LogP contribution in [0.3, 0.4) is 0 Å². The summed E-state index contributed by atoms with van der Waals surface area (Å²) >= 11 is 0. The lowest BCUT2D eigenvalue weighted by molar-refractivity contribution is -0.150. The Hall–Kier alpha value is -3.21. The van der Waals surface area contributed by atoms with Crippen LogP contribution in [0.15, 0.2) is 54.6 Å². The Morgan fingerprint density at radius 3 is 2.48 bits per heavy atom. The fraction of sp³-hybridized carbons (Fsp3) is 0.346. The van der Waals surface area contributed by atoms with Crippen LogP contribution >= 0.6 is 0 Å². The Balaban J connectivity index is 1.22. The lowest BCUT2D eigenvalue weighted by Crippen LogP contribution is -2.40. The summed E-state index contributed by atoms with van der Waals surface area (Å²) in [5, 5.41) is 0. The van der Waals surface area contributed by atoms with Crippen LogP contribution in [0.25, 0.3) is 6.08 Å². The molecule has 2 aromatic rings. The molecule has 1 aliphatic carbocycles. The Bertz CT molecular complexity index is 988. The van der Waals surface area contributed by atoms with Crippen molar-refractivity contribution in [2.24, 2.45) is 5.92 Å². The van der Waals surface area contributed by atoms with Gasteiger partial charge >= 0.3 is 5.97 Å². The van der Waals surface area contributed by atoms with Crippen molar-refractivity contribution in [3.05, 3.63) is 76.9 Å². The number of nitrogens with zero attached hydrogens (tertiary/aromatic N) is 1. The summed E-state index contributed by atoms with van der Waals surface area (Å²) in [6.45, 7) is 0.795. The van der Waals surface area contributed by atoms with E-state index in [0.29, 0.717) is 31.5 Å². The summed E-state index contributed by atoms with van der Waals surface area (Å²) in [4.78, 5) is 39.0. The van der Waals surface area contributed by atoms with Crippen LogP contribution in [0.5, 0.6) is 0 Å². The molecule has 1 saturated heterocycles. The van der Waals surface area contributed by atoms with Crippen LogP contribution in [-0.4, -0.2) is 42.3 Å². The van der Waals surface area contributed by atoms with Crippen molar-refractivity contribution in [2.75, 3.05) is 19.7 Å². The van der Waals surface area contributed by atoms with E-state index in [4.69, 9.17) is 4.74 Å². The van der Waals surface area contributed by atoms with Crippen molar-refractivity contribution >= 4 is 23.7 Å². The first-order chi connectivity index (χ1) is 15.1. The van der Waals surface area contributed by atoms with E-state index in [9.17, 15) is 14.4 Å². The van der Waals surface area contributed by atoms with E-state index in [2.05, 4.69) is 0 Å². The minimum Gasteiger partial charge on any atom is -0.457 e. The lowest BCUT2D eigenvalue weighted by Gasteiger charge is -2.30. The van der Waals surface area contributed by atoms with E-state index < -0.39 is 0 Å². The first-order valence-corrected chi connectivity index (χ1v) is 10.9. The molecule has 160 valence electrons. The van der Waals surface area contributed by atoms with Gasteiger partial charge < -0.3 is 9.64 Å². The number of aryl methyl sites for hydroxylation is 2. The summed E-state index contributed by atoms with van der Waals surface area (Å²) < 4.78 is 5.31. The van der Waals surface area contributed by atoms with E-state index in [1.54, 1.807) is 17.1 Å². The zero-order chi connectivity index (χ0) is 21.6. The maximum atomic E-state index is 12.4. The molecule has 0 saturated carbocycles. The zero-order valence-corrected chi connectivity index (χ0v) is 17.6. The fourth-order valence-electron chi connectivity index (χ4n) is 4.26. The number of fused-ring (bicyclic) bond motifs is 1. The highest BCUT2D eigenvalue weighted by molar-refractivity contribution is 5.98. The van der Waals surface area contributed by atoms with Gasteiger partial charge in [-0.15, -0.1) is 0 Å². The molecule has 5 heteroatoms. The number of ether oxygens (including phenoxy) is 1. The van der Waals surface area contributed by atoms with Gasteiger partial charge in [-0.3, -0.25) is 14.4 Å². The standard InChI is InChI=1S/C26H27NO4/c28-24(23-11-10-20-7-4-8-22(20)17-23)18-31-26(30)21-13-15-27(16-14-21)25(29)12-9-19-5-2-1-3-6-19/h1-3,5-6,9-12,17,21H,4,7-8,13-16,18H2/b12-9+. The number of likely N-dealkylation sites (tertiary alicyclic amines) is 1. The van der Waals surface area contributed by atoms with Crippen LogP contribution in [0.1, 0.15) is 46.3 Å². The van der Waals surface area contributed by atoms with Crippen molar-refractivity contribution in [3.63, 3.8) is 0 Å². The minimum absolute atomic E-state index is 0.0533. The van der Waals surface area contributed by atoms with Crippen molar-refractivity contribution in [1.82, 2.24) is 4.90 Å². The van der Waals surface area contributed by atoms with Gasteiger partial charge in [0, 0.05) is 24.7 Å². The molecule has 1 heterocycles. The molecule has 1 fully saturated rings. The number of Topliss-reactive ketones (excluding diaryl/α,β-unsaturated/α-hetero) is 1. The number of ketones is 1. The van der Waals surface area contributed by atoms with Gasteiger partial charge in [0.05, 0.1) is 5.92 Å². The second kappa shape index (κ2) is 9.73. The van der Waals surface area contributed by atoms with Gasteiger partial charge in [-0.25, -0.2) is 0 Å². The van der Waals surface area contributed by atoms with Gasteiger partial charge in [0.2, 0.25) is 5.91 Å². The number of hydrogen-bond donors (Lipinski definition) is 0. The SMILES string of the molecule is O=C(COC(=O)C1CCN(C(=O)/C=C/c2ccccc2)CC1)c1ccc2c(c1)CCC2. The number of carbonyl (C=O) groups excluding carboxylic acids is 3.